The van der Waals surface area contributed by atoms with Crippen LogP contribution in [0, 0.1) is 11.7 Å². The number of nitrogens with zero attached hydrogens (tertiary/aromatic N) is 3. The van der Waals surface area contributed by atoms with Crippen molar-refractivity contribution in [3.63, 3.8) is 0 Å². The zero-order chi connectivity index (χ0) is 25.7. The lowest BCUT2D eigenvalue weighted by molar-refractivity contribution is -0.117. The maximum Gasteiger partial charge on any atom is 0.129 e. The highest BCUT2D eigenvalue weighted by Crippen LogP contribution is 2.30. The molecule has 1 N–H and O–H groups in total. The van der Waals surface area contributed by atoms with Gasteiger partial charge < -0.3 is 10.2 Å². The number of carbonyl (C=O) groups is 1. The lowest BCUT2D eigenvalue weighted by Crippen LogP contribution is -2.37. The van der Waals surface area contributed by atoms with Crippen molar-refractivity contribution in [3.05, 3.63) is 65.6 Å². The third kappa shape index (κ3) is 10.8. The molecule has 0 bridgehead atoms. The second kappa shape index (κ2) is 15.1. The molecule has 0 atom stereocenters. The van der Waals surface area contributed by atoms with Crippen molar-refractivity contribution in [2.45, 2.75) is 67.2 Å². The number of hydrogen-bond donors (Lipinski definition) is 1. The molecule has 0 aliphatic rings. The van der Waals surface area contributed by atoms with E-state index in [-0.39, 0.29) is 17.5 Å². The molecule has 1 aromatic carbocycles. The maximum atomic E-state index is 13.5. The van der Waals surface area contributed by atoms with Crippen molar-refractivity contribution in [2.24, 2.45) is 15.9 Å². The summed E-state index contributed by atoms with van der Waals surface area (Å²) in [5.74, 6) is 1.45. The van der Waals surface area contributed by atoms with E-state index in [1.807, 2.05) is 32.0 Å². The number of hydrogen-bond acceptors (Lipinski definition) is 3. The lowest BCUT2D eigenvalue weighted by Gasteiger charge is -2.17. The summed E-state index contributed by atoms with van der Waals surface area (Å²) in [5.41, 5.74) is 6.60. The monoisotopic (exact) mass is 468 g/mol. The fourth-order valence-electron chi connectivity index (χ4n) is 3.31. The van der Waals surface area contributed by atoms with Gasteiger partial charge in [-0.25, -0.2) is 19.4 Å². The Hall–Kier alpha value is -2.86. The molecule has 0 amide bonds. The molecular weight excluding hydrogens is 427 g/mol. The Morgan fingerprint density at radius 2 is 1.79 bits per heavy atom. The molecule has 0 unspecified atom stereocenters. The van der Waals surface area contributed by atoms with Crippen LogP contribution in [0.5, 0.6) is 0 Å². The molecule has 186 valence electrons. The molecular formula is C28H41FN4O. The first-order valence-electron chi connectivity index (χ1n) is 12.0. The van der Waals surface area contributed by atoms with E-state index in [1.165, 1.54) is 12.1 Å². The standard InChI is InChI=1S/C28H41FN4O/c1-9-33(8)32-24(7)30-23(6)31-28(20(2)3)27(15-13-11-10-12-14-21(4)34)22(5)25-16-18-26(29)19-17-25/h13,15-20H,5,9-12,14H2,1-4,6-8H3,(H,30,31,32)/b15-13+,28-27-. The second-order valence-electron chi connectivity index (χ2n) is 8.77. The molecule has 0 saturated carbocycles. The molecule has 0 radical (unpaired) electrons. The Morgan fingerprint density at radius 1 is 1.15 bits per heavy atom. The number of aliphatic imine (C=N–C) groups is 2. The normalized spacial score (nSPS) is 13.6. The van der Waals surface area contributed by atoms with Gasteiger partial charge >= 0.3 is 0 Å². The van der Waals surface area contributed by atoms with Crippen molar-refractivity contribution in [1.29, 1.82) is 0 Å². The number of amidine groups is 2. The van der Waals surface area contributed by atoms with E-state index in [1.54, 1.807) is 19.1 Å². The smallest absolute Gasteiger partial charge is 0.129 e. The van der Waals surface area contributed by atoms with E-state index in [0.29, 0.717) is 12.3 Å². The molecule has 0 saturated heterocycles. The predicted molar refractivity (Wildman–Crippen MR) is 143 cm³/mol. The number of nitrogens with one attached hydrogen (secondary N) is 1. The van der Waals surface area contributed by atoms with Gasteiger partial charge in [-0.1, -0.05) is 51.6 Å². The summed E-state index contributed by atoms with van der Waals surface area (Å²) in [6.45, 7) is 16.8. The lowest BCUT2D eigenvalue weighted by atomic mass is 9.93. The zero-order valence-corrected chi connectivity index (χ0v) is 21.9. The Morgan fingerprint density at radius 3 is 2.35 bits per heavy atom. The third-order valence-corrected chi connectivity index (χ3v) is 5.21. The fraction of sp³-hybridized carbons (Fsp3) is 0.464. The number of benzene rings is 1. The number of unbranched alkanes of at least 4 members (excludes halogenated alkanes) is 2. The minimum Gasteiger partial charge on any atom is -0.307 e. The second-order valence-corrected chi connectivity index (χ2v) is 8.77. The number of halogens is 1. The first-order chi connectivity index (χ1) is 16.0. The van der Waals surface area contributed by atoms with Gasteiger partial charge in [0, 0.05) is 25.6 Å². The molecule has 5 nitrogen and oxygen atoms in total. The van der Waals surface area contributed by atoms with Crippen molar-refractivity contribution < 1.29 is 9.18 Å². The van der Waals surface area contributed by atoms with Crippen LogP contribution in [0.25, 0.3) is 5.57 Å². The van der Waals surface area contributed by atoms with Gasteiger partial charge in [0.05, 0.1) is 5.70 Å². The van der Waals surface area contributed by atoms with Crippen LogP contribution in [-0.2, 0) is 4.79 Å². The maximum absolute atomic E-state index is 13.5. The molecule has 0 aliphatic carbocycles. The minimum atomic E-state index is -0.282. The van der Waals surface area contributed by atoms with E-state index in [0.717, 1.165) is 54.0 Å². The first-order valence-corrected chi connectivity index (χ1v) is 12.0. The summed E-state index contributed by atoms with van der Waals surface area (Å²) < 4.78 is 13.5. The largest absolute Gasteiger partial charge is 0.307 e. The molecule has 1 rings (SSSR count). The molecule has 0 heterocycles. The molecule has 1 aromatic rings. The number of rotatable bonds is 12. The number of allylic oxidation sites excluding steroid dienone is 5. The van der Waals surface area contributed by atoms with E-state index in [9.17, 15) is 9.18 Å². The summed E-state index contributed by atoms with van der Waals surface area (Å²) in [6.07, 6.45) is 7.42. The van der Waals surface area contributed by atoms with E-state index < -0.39 is 0 Å². The molecule has 0 aliphatic heterocycles. The Labute approximate surface area is 205 Å². The van der Waals surface area contributed by atoms with Crippen molar-refractivity contribution in [3.8, 4) is 0 Å². The van der Waals surface area contributed by atoms with Gasteiger partial charge in [-0.3, -0.25) is 0 Å². The average molecular weight is 469 g/mol. The summed E-state index contributed by atoms with van der Waals surface area (Å²) in [6, 6.07) is 6.35. The molecule has 0 aromatic heterocycles. The number of carbonyl (C=O) groups excluding carboxylic acids is 1. The average Bonchev–Trinajstić information content (AvgIpc) is 2.76. The number of hydrazine groups is 1. The highest BCUT2D eigenvalue weighted by atomic mass is 19.1. The van der Waals surface area contributed by atoms with Gasteiger partial charge in [0.25, 0.3) is 0 Å². The number of ketones is 1. The number of Topliss-reactive ketones (excluding diaryl/α,β-unsaturated/α-hetero) is 1. The summed E-state index contributed by atoms with van der Waals surface area (Å²) in [4.78, 5) is 20.6. The minimum absolute atomic E-state index is 0.117. The van der Waals surface area contributed by atoms with Crippen LogP contribution in [0.2, 0.25) is 0 Å². The van der Waals surface area contributed by atoms with Crippen LogP contribution in [-0.4, -0.2) is 36.1 Å². The summed E-state index contributed by atoms with van der Waals surface area (Å²) in [7, 11) is 1.96. The molecule has 0 fully saturated rings. The van der Waals surface area contributed by atoms with Gasteiger partial charge in [-0.15, -0.1) is 0 Å². The fourth-order valence-corrected chi connectivity index (χ4v) is 3.31. The topological polar surface area (TPSA) is 57.1 Å². The van der Waals surface area contributed by atoms with Crippen LogP contribution in [0.1, 0.15) is 72.8 Å². The van der Waals surface area contributed by atoms with Crippen LogP contribution in [0.15, 0.2) is 64.3 Å². The van der Waals surface area contributed by atoms with Crippen LogP contribution < -0.4 is 5.43 Å². The SMILES string of the molecule is C=C(C(/C=C/CCCCC(C)=O)=C(\N=C(C)N=C(C)NN(C)CC)C(C)C)c1ccc(F)cc1. The molecule has 0 spiro atoms. The molecule has 34 heavy (non-hydrogen) atoms. The van der Waals surface area contributed by atoms with Gasteiger partial charge in [-0.05, 0) is 69.2 Å². The third-order valence-electron chi connectivity index (χ3n) is 5.21. The van der Waals surface area contributed by atoms with Gasteiger partial charge in [-0.2, -0.15) is 0 Å². The summed E-state index contributed by atoms with van der Waals surface area (Å²) >= 11 is 0. The zero-order valence-electron chi connectivity index (χ0n) is 21.9. The van der Waals surface area contributed by atoms with Crippen molar-refractivity contribution >= 4 is 23.0 Å². The highest BCUT2D eigenvalue weighted by molar-refractivity contribution is 5.95. The van der Waals surface area contributed by atoms with Crippen molar-refractivity contribution in [1.82, 2.24) is 10.4 Å². The predicted octanol–water partition coefficient (Wildman–Crippen LogP) is 6.75. The van der Waals surface area contributed by atoms with Crippen LogP contribution in [0.4, 0.5) is 4.39 Å². The van der Waals surface area contributed by atoms with Gasteiger partial charge in [0.15, 0.2) is 0 Å². The molecule has 6 heteroatoms. The first kappa shape index (κ1) is 29.2. The highest BCUT2D eigenvalue weighted by Gasteiger charge is 2.14. The Kier molecular flexibility index (Phi) is 13.0. The Bertz CT molecular complexity index is 940. The Balaban J connectivity index is 3.36. The van der Waals surface area contributed by atoms with Crippen LogP contribution >= 0.6 is 0 Å². The van der Waals surface area contributed by atoms with E-state index in [2.05, 4.69) is 43.8 Å². The van der Waals surface area contributed by atoms with Gasteiger partial charge in [0.1, 0.15) is 23.3 Å². The van der Waals surface area contributed by atoms with Crippen LogP contribution in [0.3, 0.4) is 0 Å². The van der Waals surface area contributed by atoms with Crippen molar-refractivity contribution in [2.75, 3.05) is 13.6 Å². The quantitative estimate of drug-likeness (QED) is 0.121. The van der Waals surface area contributed by atoms with Gasteiger partial charge in [0.2, 0.25) is 0 Å². The van der Waals surface area contributed by atoms with E-state index in [4.69, 9.17) is 4.99 Å². The summed E-state index contributed by atoms with van der Waals surface area (Å²) in [5, 5.41) is 1.95. The van der Waals surface area contributed by atoms with E-state index >= 15 is 0 Å².